The lowest BCUT2D eigenvalue weighted by Gasteiger charge is -2.57. The van der Waals surface area contributed by atoms with Crippen LogP contribution < -0.4 is 5.32 Å². The molecule has 4 aliphatic rings. The molecular formula is C29H39FN2O3. The molecule has 0 spiro atoms. The molecule has 4 fully saturated rings. The van der Waals surface area contributed by atoms with Crippen molar-refractivity contribution in [3.8, 4) is 6.07 Å². The normalized spacial score (nSPS) is 40.2. The van der Waals surface area contributed by atoms with Crippen LogP contribution in [0.2, 0.25) is 0 Å². The first kappa shape index (κ1) is 24.7. The van der Waals surface area contributed by atoms with Gasteiger partial charge in [-0.3, -0.25) is 4.79 Å². The van der Waals surface area contributed by atoms with Crippen LogP contribution in [0.1, 0.15) is 77.2 Å². The number of nitriles is 1. The lowest BCUT2D eigenvalue weighted by molar-refractivity contribution is -0.135. The number of nitrogens with zero attached hydrogens (tertiary/aromatic N) is 1. The Morgan fingerprint density at radius 1 is 1.17 bits per heavy atom. The Kier molecular flexibility index (Phi) is 6.70. The third kappa shape index (κ3) is 4.40. The average Bonchev–Trinajstić information content (AvgIpc) is 3.21. The smallest absolute Gasteiger partial charge is 0.228 e. The van der Waals surface area contributed by atoms with E-state index in [1.165, 1.54) is 31.0 Å². The van der Waals surface area contributed by atoms with E-state index < -0.39 is 11.4 Å². The van der Waals surface area contributed by atoms with Gasteiger partial charge in [0.2, 0.25) is 5.91 Å². The summed E-state index contributed by atoms with van der Waals surface area (Å²) in [5.74, 6) is 2.60. The Balaban J connectivity index is 1.28. The fraction of sp³-hybridized carbons (Fsp3) is 0.724. The second kappa shape index (κ2) is 9.48. The minimum atomic E-state index is -0.660. The van der Waals surface area contributed by atoms with E-state index in [2.05, 4.69) is 12.2 Å². The average molecular weight is 483 g/mol. The lowest BCUT2D eigenvalue weighted by atomic mass is 9.49. The van der Waals surface area contributed by atoms with Gasteiger partial charge in [-0.15, -0.1) is 0 Å². The van der Waals surface area contributed by atoms with Crippen molar-refractivity contribution in [2.75, 3.05) is 18.5 Å². The molecule has 35 heavy (non-hydrogen) atoms. The number of amides is 1. The fourth-order valence-electron chi connectivity index (χ4n) is 8.75. The summed E-state index contributed by atoms with van der Waals surface area (Å²) < 4.78 is 19.1. The first-order valence-electron chi connectivity index (χ1n) is 13.6. The van der Waals surface area contributed by atoms with Crippen LogP contribution >= 0.6 is 0 Å². The van der Waals surface area contributed by atoms with Gasteiger partial charge in [0.1, 0.15) is 11.9 Å². The summed E-state index contributed by atoms with van der Waals surface area (Å²) in [4.78, 5) is 13.4. The van der Waals surface area contributed by atoms with Gasteiger partial charge in [0.05, 0.1) is 23.5 Å². The third-order valence-corrected chi connectivity index (χ3v) is 10.4. The van der Waals surface area contributed by atoms with Gasteiger partial charge in [-0.2, -0.15) is 5.26 Å². The minimum Gasteiger partial charge on any atom is -0.387 e. The quantitative estimate of drug-likeness (QED) is 0.566. The van der Waals surface area contributed by atoms with E-state index in [0.29, 0.717) is 48.5 Å². The Hall–Kier alpha value is -1.97. The maximum atomic E-state index is 13.5. The van der Waals surface area contributed by atoms with Gasteiger partial charge in [0.15, 0.2) is 0 Å². The van der Waals surface area contributed by atoms with Gasteiger partial charge in [-0.05, 0) is 118 Å². The van der Waals surface area contributed by atoms with Crippen LogP contribution in [0.5, 0.6) is 0 Å². The van der Waals surface area contributed by atoms with Crippen molar-refractivity contribution in [2.45, 2.75) is 77.2 Å². The maximum absolute atomic E-state index is 13.5. The monoisotopic (exact) mass is 482 g/mol. The molecule has 0 aliphatic heterocycles. The van der Waals surface area contributed by atoms with Crippen molar-refractivity contribution in [1.29, 1.82) is 5.26 Å². The van der Waals surface area contributed by atoms with Crippen LogP contribution in [0.25, 0.3) is 0 Å². The summed E-state index contributed by atoms with van der Waals surface area (Å²) in [6, 6.07) is 5.96. The number of halogens is 1. The number of ether oxygens (including phenoxy) is 1. The largest absolute Gasteiger partial charge is 0.387 e. The highest BCUT2D eigenvalue weighted by atomic mass is 19.1. The van der Waals surface area contributed by atoms with E-state index in [1.807, 2.05) is 13.0 Å². The van der Waals surface area contributed by atoms with E-state index in [1.54, 1.807) is 0 Å². The summed E-state index contributed by atoms with van der Waals surface area (Å²) >= 11 is 0. The van der Waals surface area contributed by atoms with Gasteiger partial charge in [-0.25, -0.2) is 4.39 Å². The number of aliphatic hydroxyl groups is 1. The number of hydrogen-bond acceptors (Lipinski definition) is 4. The zero-order valence-electron chi connectivity index (χ0n) is 21.1. The Morgan fingerprint density at radius 3 is 2.74 bits per heavy atom. The molecule has 4 aliphatic carbocycles. The van der Waals surface area contributed by atoms with Crippen LogP contribution in [0.3, 0.4) is 0 Å². The van der Waals surface area contributed by atoms with Crippen LogP contribution in [-0.4, -0.2) is 29.8 Å². The van der Waals surface area contributed by atoms with Crippen LogP contribution in [0, 0.1) is 58.1 Å². The van der Waals surface area contributed by atoms with E-state index in [-0.39, 0.29) is 22.8 Å². The predicted molar refractivity (Wildman–Crippen MR) is 132 cm³/mol. The lowest BCUT2D eigenvalue weighted by Crippen LogP contribution is -2.52. The van der Waals surface area contributed by atoms with Crippen LogP contribution in [-0.2, 0) is 9.53 Å². The topological polar surface area (TPSA) is 82.3 Å². The van der Waals surface area contributed by atoms with Crippen molar-refractivity contribution in [3.63, 3.8) is 0 Å². The maximum Gasteiger partial charge on any atom is 0.228 e. The number of anilines is 1. The van der Waals surface area contributed by atoms with E-state index >= 15 is 0 Å². The number of nitrogens with one attached hydrogen (secondary N) is 1. The minimum absolute atomic E-state index is 0.0242. The highest BCUT2D eigenvalue weighted by Crippen LogP contribution is 2.64. The fourth-order valence-corrected chi connectivity index (χ4v) is 8.75. The van der Waals surface area contributed by atoms with Crippen molar-refractivity contribution < 1.29 is 19.0 Å². The van der Waals surface area contributed by atoms with Crippen molar-refractivity contribution in [1.82, 2.24) is 0 Å². The molecular weight excluding hydrogens is 443 g/mol. The van der Waals surface area contributed by atoms with E-state index in [0.717, 1.165) is 44.9 Å². The SMILES string of the molecule is CCOC[C@@]1(O)CC[C@H]2[C@H](CC[C@@H]3[C@@H]2CC[C@]2(C)[C@@H](C(=O)Nc4ccc(F)cc4C#N)CC[C@@H]32)C1. The van der Waals surface area contributed by atoms with Gasteiger partial charge >= 0.3 is 0 Å². The number of rotatable bonds is 5. The summed E-state index contributed by atoms with van der Waals surface area (Å²) in [6.07, 6.45) is 9.33. The molecule has 2 N–H and O–H groups in total. The summed E-state index contributed by atoms with van der Waals surface area (Å²) in [6.45, 7) is 5.40. The standard InChI is InChI=1S/C29H39FN2O3/c1-3-35-17-29(34)13-11-21-18(15-29)4-6-23-22(21)10-12-28(2)24(23)7-8-25(28)27(33)32-26-9-5-20(30)14-19(26)16-31/h5,9,14,18,21-25,34H,3-4,6-8,10-13,15,17H2,1-2H3,(H,32,33)/t18-,21+,22-,23-,24+,25-,28+,29-/m1/s1. The molecule has 4 saturated carbocycles. The van der Waals surface area contributed by atoms with Gasteiger partial charge in [-0.1, -0.05) is 6.92 Å². The zero-order chi connectivity index (χ0) is 24.8. The van der Waals surface area contributed by atoms with Crippen molar-refractivity contribution >= 4 is 11.6 Å². The molecule has 0 aromatic heterocycles. The molecule has 0 bridgehead atoms. The molecule has 1 amide bonds. The molecule has 0 saturated heterocycles. The van der Waals surface area contributed by atoms with Crippen LogP contribution in [0.15, 0.2) is 18.2 Å². The third-order valence-electron chi connectivity index (χ3n) is 10.4. The van der Waals surface area contributed by atoms with Crippen molar-refractivity contribution in [2.24, 2.45) is 40.9 Å². The van der Waals surface area contributed by atoms with Gasteiger partial charge in [0, 0.05) is 12.5 Å². The summed E-state index contributed by atoms with van der Waals surface area (Å²) in [7, 11) is 0. The Bertz CT molecular complexity index is 1010. The highest BCUT2D eigenvalue weighted by molar-refractivity contribution is 5.94. The molecule has 0 heterocycles. The highest BCUT2D eigenvalue weighted by Gasteiger charge is 2.59. The first-order valence-corrected chi connectivity index (χ1v) is 13.6. The number of fused-ring (bicyclic) bond motifs is 5. The summed E-state index contributed by atoms with van der Waals surface area (Å²) in [5, 5.41) is 23.4. The molecule has 6 heteroatoms. The molecule has 190 valence electrons. The number of benzene rings is 1. The molecule has 5 nitrogen and oxygen atoms in total. The molecule has 5 rings (SSSR count). The second-order valence-corrected chi connectivity index (χ2v) is 12.0. The van der Waals surface area contributed by atoms with Gasteiger partial charge in [0.25, 0.3) is 0 Å². The number of hydrogen-bond donors (Lipinski definition) is 2. The number of carbonyl (C=O) groups is 1. The van der Waals surface area contributed by atoms with Crippen LogP contribution in [0.4, 0.5) is 10.1 Å². The second-order valence-electron chi connectivity index (χ2n) is 12.0. The Morgan fingerprint density at radius 2 is 1.97 bits per heavy atom. The van der Waals surface area contributed by atoms with E-state index in [9.17, 15) is 19.6 Å². The van der Waals surface area contributed by atoms with E-state index in [4.69, 9.17) is 4.74 Å². The first-order chi connectivity index (χ1) is 16.8. The molecule has 1 aromatic carbocycles. The zero-order valence-corrected chi connectivity index (χ0v) is 21.1. The summed E-state index contributed by atoms with van der Waals surface area (Å²) in [5.41, 5.74) is -0.120. The van der Waals surface area contributed by atoms with Gasteiger partial charge < -0.3 is 15.2 Å². The predicted octanol–water partition coefficient (Wildman–Crippen LogP) is 5.67. The Labute approximate surface area is 208 Å². The van der Waals surface area contributed by atoms with Crippen molar-refractivity contribution in [3.05, 3.63) is 29.6 Å². The molecule has 0 radical (unpaired) electrons. The molecule has 8 atom stereocenters. The molecule has 1 aromatic rings. The molecule has 0 unspecified atom stereocenters. The number of carbonyl (C=O) groups excluding carboxylic acids is 1.